The zero-order chi connectivity index (χ0) is 27.5. The second-order valence-electron chi connectivity index (χ2n) is 10.6. The van der Waals surface area contributed by atoms with Gasteiger partial charge in [-0.15, -0.1) is 0 Å². The molecule has 2 amide bonds. The Hall–Kier alpha value is -3.80. The lowest BCUT2D eigenvalue weighted by atomic mass is 10.00. The lowest BCUT2D eigenvalue weighted by Crippen LogP contribution is -2.54. The average molecular weight is 517 g/mol. The molecule has 0 aromatic heterocycles. The Morgan fingerprint density at radius 2 is 1.50 bits per heavy atom. The standard InChI is InChI=1S/C32H40N2O4/c1-24-13-15-26(16-14-24)23-34(30(35)12-9-21-38-28-19-17-27(37-5)18-20-28)29(31(36)33-32(2,3)4)22-25-10-7-6-8-11-25/h6-8,10-11,13-20,29H,9,12,21-23H2,1-5H3,(H,33,36)/t29-/m0/s1. The van der Waals surface area contributed by atoms with E-state index in [9.17, 15) is 9.59 Å². The SMILES string of the molecule is COc1ccc(OCCCC(=O)N(Cc2ccc(C)cc2)[C@@H](Cc2ccccc2)C(=O)NC(C)(C)C)cc1. The van der Waals surface area contributed by atoms with Crippen molar-refractivity contribution >= 4 is 11.8 Å². The van der Waals surface area contributed by atoms with Crippen molar-refractivity contribution in [2.24, 2.45) is 0 Å². The highest BCUT2D eigenvalue weighted by Crippen LogP contribution is 2.19. The molecule has 0 saturated heterocycles. The van der Waals surface area contributed by atoms with Crippen LogP contribution in [0.1, 0.15) is 50.3 Å². The number of nitrogens with one attached hydrogen (secondary N) is 1. The molecule has 0 aliphatic rings. The minimum atomic E-state index is -0.645. The smallest absolute Gasteiger partial charge is 0.243 e. The van der Waals surface area contributed by atoms with Gasteiger partial charge < -0.3 is 19.7 Å². The molecule has 0 fully saturated rings. The van der Waals surface area contributed by atoms with E-state index in [-0.39, 0.29) is 18.2 Å². The van der Waals surface area contributed by atoms with Crippen LogP contribution < -0.4 is 14.8 Å². The van der Waals surface area contributed by atoms with Crippen molar-refractivity contribution in [1.29, 1.82) is 0 Å². The van der Waals surface area contributed by atoms with Crippen LogP contribution in [-0.2, 0) is 22.6 Å². The fourth-order valence-corrected chi connectivity index (χ4v) is 4.13. The van der Waals surface area contributed by atoms with Gasteiger partial charge in [-0.25, -0.2) is 0 Å². The Morgan fingerprint density at radius 1 is 0.868 bits per heavy atom. The van der Waals surface area contributed by atoms with Crippen LogP contribution in [0.2, 0.25) is 0 Å². The number of carbonyl (C=O) groups excluding carboxylic acids is 2. The van der Waals surface area contributed by atoms with Crippen molar-refractivity contribution in [2.75, 3.05) is 13.7 Å². The third kappa shape index (κ3) is 9.25. The summed E-state index contributed by atoms with van der Waals surface area (Å²) in [7, 11) is 1.62. The minimum absolute atomic E-state index is 0.0751. The number of amides is 2. The fourth-order valence-electron chi connectivity index (χ4n) is 4.13. The Labute approximate surface area is 227 Å². The third-order valence-electron chi connectivity index (χ3n) is 6.11. The monoisotopic (exact) mass is 516 g/mol. The van der Waals surface area contributed by atoms with Gasteiger partial charge in [-0.2, -0.15) is 0 Å². The number of hydrogen-bond acceptors (Lipinski definition) is 4. The molecule has 0 bridgehead atoms. The summed E-state index contributed by atoms with van der Waals surface area (Å²) in [6.07, 6.45) is 1.24. The van der Waals surface area contributed by atoms with Crippen molar-refractivity contribution in [3.8, 4) is 11.5 Å². The summed E-state index contributed by atoms with van der Waals surface area (Å²) >= 11 is 0. The molecule has 0 unspecified atom stereocenters. The Bertz CT molecular complexity index is 1150. The Balaban J connectivity index is 1.78. The lowest BCUT2D eigenvalue weighted by Gasteiger charge is -2.34. The van der Waals surface area contributed by atoms with Crippen LogP contribution in [0.25, 0.3) is 0 Å². The molecule has 0 aliphatic carbocycles. The summed E-state index contributed by atoms with van der Waals surface area (Å²) in [6.45, 7) is 8.64. The molecular weight excluding hydrogens is 476 g/mol. The first-order valence-electron chi connectivity index (χ1n) is 13.1. The van der Waals surface area contributed by atoms with Crippen LogP contribution >= 0.6 is 0 Å². The van der Waals surface area contributed by atoms with Gasteiger partial charge in [-0.3, -0.25) is 9.59 Å². The van der Waals surface area contributed by atoms with E-state index in [0.29, 0.717) is 26.0 Å². The maximum atomic E-state index is 13.7. The first-order valence-corrected chi connectivity index (χ1v) is 13.1. The van der Waals surface area contributed by atoms with Crippen LogP contribution in [0.3, 0.4) is 0 Å². The van der Waals surface area contributed by atoms with Gasteiger partial charge in [0.15, 0.2) is 0 Å². The van der Waals surface area contributed by atoms with Gasteiger partial charge in [-0.1, -0.05) is 60.2 Å². The molecule has 0 spiro atoms. The van der Waals surface area contributed by atoms with Gasteiger partial charge in [0.2, 0.25) is 11.8 Å². The van der Waals surface area contributed by atoms with Crippen molar-refractivity contribution in [1.82, 2.24) is 10.2 Å². The van der Waals surface area contributed by atoms with Crippen LogP contribution in [-0.4, -0.2) is 42.0 Å². The van der Waals surface area contributed by atoms with Gasteiger partial charge in [0.1, 0.15) is 17.5 Å². The molecule has 0 radical (unpaired) electrons. The van der Waals surface area contributed by atoms with Crippen molar-refractivity contribution < 1.29 is 19.1 Å². The molecule has 3 aromatic rings. The highest BCUT2D eigenvalue weighted by atomic mass is 16.5. The molecular formula is C32H40N2O4. The zero-order valence-corrected chi connectivity index (χ0v) is 23.2. The topological polar surface area (TPSA) is 67.9 Å². The predicted molar refractivity (Wildman–Crippen MR) is 151 cm³/mol. The van der Waals surface area contributed by atoms with Crippen molar-refractivity contribution in [3.05, 3.63) is 95.6 Å². The third-order valence-corrected chi connectivity index (χ3v) is 6.11. The second-order valence-corrected chi connectivity index (χ2v) is 10.6. The summed E-state index contributed by atoms with van der Waals surface area (Å²) in [6, 6.07) is 24.7. The summed E-state index contributed by atoms with van der Waals surface area (Å²) in [4.78, 5) is 29.0. The molecule has 0 saturated carbocycles. The average Bonchev–Trinajstić information content (AvgIpc) is 2.89. The number of hydrogen-bond donors (Lipinski definition) is 1. The predicted octanol–water partition coefficient (Wildman–Crippen LogP) is 5.72. The molecule has 3 rings (SSSR count). The van der Waals surface area contributed by atoms with E-state index in [1.165, 1.54) is 0 Å². The number of carbonyl (C=O) groups is 2. The molecule has 1 atom stereocenters. The van der Waals surface area contributed by atoms with Gasteiger partial charge in [0.25, 0.3) is 0 Å². The van der Waals surface area contributed by atoms with E-state index in [1.54, 1.807) is 12.0 Å². The van der Waals surface area contributed by atoms with Crippen molar-refractivity contribution in [3.63, 3.8) is 0 Å². The van der Waals surface area contributed by atoms with E-state index in [2.05, 4.69) is 5.32 Å². The van der Waals surface area contributed by atoms with Crippen LogP contribution in [0.5, 0.6) is 11.5 Å². The Kier molecular flexibility index (Phi) is 10.3. The van der Waals surface area contributed by atoms with Crippen LogP contribution in [0.15, 0.2) is 78.9 Å². The summed E-state index contributed by atoms with van der Waals surface area (Å²) in [5.41, 5.74) is 2.72. The highest BCUT2D eigenvalue weighted by molar-refractivity contribution is 5.88. The van der Waals surface area contributed by atoms with Gasteiger partial charge in [-0.05, 0) is 69.5 Å². The van der Waals surface area contributed by atoms with Crippen LogP contribution in [0, 0.1) is 6.92 Å². The molecule has 3 aromatic carbocycles. The zero-order valence-electron chi connectivity index (χ0n) is 23.2. The number of ether oxygens (including phenoxy) is 2. The maximum absolute atomic E-state index is 13.7. The van der Waals surface area contributed by atoms with E-state index in [4.69, 9.17) is 9.47 Å². The second kappa shape index (κ2) is 13.7. The number of nitrogens with zero attached hydrogens (tertiary/aromatic N) is 1. The summed E-state index contributed by atoms with van der Waals surface area (Å²) < 4.78 is 11.0. The maximum Gasteiger partial charge on any atom is 0.243 e. The van der Waals surface area contributed by atoms with E-state index in [0.717, 1.165) is 28.2 Å². The van der Waals surface area contributed by atoms with E-state index in [1.807, 2.05) is 107 Å². The fraction of sp³-hybridized carbons (Fsp3) is 0.375. The van der Waals surface area contributed by atoms with Gasteiger partial charge in [0, 0.05) is 24.9 Å². The van der Waals surface area contributed by atoms with Crippen LogP contribution in [0.4, 0.5) is 0 Å². The molecule has 1 N–H and O–H groups in total. The van der Waals surface area contributed by atoms with Crippen molar-refractivity contribution in [2.45, 2.75) is 65.1 Å². The molecule has 38 heavy (non-hydrogen) atoms. The molecule has 0 aliphatic heterocycles. The van der Waals surface area contributed by atoms with E-state index >= 15 is 0 Å². The van der Waals surface area contributed by atoms with Gasteiger partial charge >= 0.3 is 0 Å². The minimum Gasteiger partial charge on any atom is -0.497 e. The largest absolute Gasteiger partial charge is 0.497 e. The lowest BCUT2D eigenvalue weighted by molar-refractivity contribution is -0.142. The molecule has 202 valence electrons. The first kappa shape index (κ1) is 28.8. The van der Waals surface area contributed by atoms with E-state index < -0.39 is 11.6 Å². The quantitative estimate of drug-likeness (QED) is 0.313. The normalized spacial score (nSPS) is 11.9. The van der Waals surface area contributed by atoms with Gasteiger partial charge in [0.05, 0.1) is 13.7 Å². The Morgan fingerprint density at radius 3 is 2.11 bits per heavy atom. The number of aryl methyl sites for hydroxylation is 1. The summed E-state index contributed by atoms with van der Waals surface area (Å²) in [5.74, 6) is 1.25. The molecule has 6 heteroatoms. The molecule has 6 nitrogen and oxygen atoms in total. The summed E-state index contributed by atoms with van der Waals surface area (Å²) in [5, 5.41) is 3.10. The first-order chi connectivity index (χ1) is 18.1. The number of benzene rings is 3. The molecule has 0 heterocycles. The highest BCUT2D eigenvalue weighted by Gasteiger charge is 2.32. The number of rotatable bonds is 12. The number of methoxy groups -OCH3 is 1.